The van der Waals surface area contributed by atoms with Crippen LogP contribution in [0.2, 0.25) is 0 Å². The van der Waals surface area contributed by atoms with E-state index in [4.69, 9.17) is 0 Å². The van der Waals surface area contributed by atoms with E-state index < -0.39 is 0 Å². The van der Waals surface area contributed by atoms with Crippen LogP contribution in [0.25, 0.3) is 0 Å². The van der Waals surface area contributed by atoms with Crippen molar-refractivity contribution in [1.29, 1.82) is 0 Å². The molecule has 1 aromatic carbocycles. The van der Waals surface area contributed by atoms with Gasteiger partial charge in [0.25, 0.3) is 0 Å². The number of rotatable bonds is 1. The predicted octanol–water partition coefficient (Wildman–Crippen LogP) is 1.97. The van der Waals surface area contributed by atoms with Crippen LogP contribution in [0.5, 0.6) is 0 Å². The van der Waals surface area contributed by atoms with E-state index in [0.29, 0.717) is 13.0 Å². The zero-order valence-electron chi connectivity index (χ0n) is 8.17. The summed E-state index contributed by atoms with van der Waals surface area (Å²) in [7, 11) is 0. The third-order valence-electron chi connectivity index (χ3n) is 2.51. The highest BCUT2D eigenvalue weighted by atomic mass is 32.2. The number of carbonyl (C=O) groups is 1. The number of hydrogen-bond donors (Lipinski definition) is 1. The third kappa shape index (κ3) is 1.93. The lowest BCUT2D eigenvalue weighted by atomic mass is 10.0. The fourth-order valence-electron chi connectivity index (χ4n) is 1.67. The lowest BCUT2D eigenvalue weighted by molar-refractivity contribution is -0.121. The van der Waals surface area contributed by atoms with E-state index in [9.17, 15) is 4.79 Å². The molecule has 1 aliphatic heterocycles. The molecule has 2 nitrogen and oxygen atoms in total. The average Bonchev–Trinajstić information content (AvgIpc) is 2.40. The van der Waals surface area contributed by atoms with Crippen molar-refractivity contribution in [3.05, 3.63) is 29.3 Å². The third-order valence-corrected chi connectivity index (χ3v) is 3.24. The van der Waals surface area contributed by atoms with E-state index in [0.717, 1.165) is 6.42 Å². The zero-order chi connectivity index (χ0) is 9.97. The van der Waals surface area contributed by atoms with E-state index in [-0.39, 0.29) is 5.91 Å². The molecule has 0 saturated heterocycles. The van der Waals surface area contributed by atoms with Gasteiger partial charge in [-0.05, 0) is 35.9 Å². The van der Waals surface area contributed by atoms with Crippen LogP contribution in [-0.4, -0.2) is 12.2 Å². The van der Waals surface area contributed by atoms with E-state index in [1.165, 1.54) is 16.0 Å². The largest absolute Gasteiger partial charge is 0.352 e. The van der Waals surface area contributed by atoms with Gasteiger partial charge in [0.05, 0.1) is 0 Å². The van der Waals surface area contributed by atoms with Crippen LogP contribution in [-0.2, 0) is 17.8 Å². The molecule has 14 heavy (non-hydrogen) atoms. The smallest absolute Gasteiger partial charge is 0.220 e. The van der Waals surface area contributed by atoms with Gasteiger partial charge in [0.1, 0.15) is 0 Å². The molecule has 0 bridgehead atoms. The molecule has 0 spiro atoms. The second-order valence-corrected chi connectivity index (χ2v) is 4.29. The first-order chi connectivity index (χ1) is 6.79. The number of thioether (sulfide) groups is 1. The Morgan fingerprint density at radius 2 is 2.14 bits per heavy atom. The summed E-state index contributed by atoms with van der Waals surface area (Å²) in [6.07, 6.45) is 3.55. The predicted molar refractivity (Wildman–Crippen MR) is 58.4 cm³/mol. The molecule has 0 aliphatic carbocycles. The SMILES string of the molecule is CSc1ccc2c(c1)CNC(=O)CC2. The lowest BCUT2D eigenvalue weighted by Crippen LogP contribution is -2.20. The van der Waals surface area contributed by atoms with Crippen molar-refractivity contribution >= 4 is 17.7 Å². The maximum Gasteiger partial charge on any atom is 0.220 e. The van der Waals surface area contributed by atoms with Crippen LogP contribution in [0.1, 0.15) is 17.5 Å². The minimum Gasteiger partial charge on any atom is -0.352 e. The van der Waals surface area contributed by atoms with Gasteiger partial charge in [0, 0.05) is 17.9 Å². The standard InChI is InChI=1S/C11H13NOS/c1-14-10-4-2-8-3-5-11(13)12-7-9(8)6-10/h2,4,6H,3,5,7H2,1H3,(H,12,13). The van der Waals surface area contributed by atoms with Crippen LogP contribution in [0.3, 0.4) is 0 Å². The Kier molecular flexibility index (Phi) is 2.77. The summed E-state index contributed by atoms with van der Waals surface area (Å²) in [5.74, 6) is 0.159. The van der Waals surface area contributed by atoms with Crippen LogP contribution in [0, 0.1) is 0 Å². The van der Waals surface area contributed by atoms with E-state index in [2.05, 4.69) is 29.8 Å². The van der Waals surface area contributed by atoms with E-state index in [1.807, 2.05) is 0 Å². The Bertz CT molecular complexity index is 362. The van der Waals surface area contributed by atoms with Gasteiger partial charge in [-0.3, -0.25) is 4.79 Å². The Labute approximate surface area is 88.1 Å². The fraction of sp³-hybridized carbons (Fsp3) is 0.364. The maximum atomic E-state index is 11.2. The molecule has 0 fully saturated rings. The second kappa shape index (κ2) is 4.05. The molecule has 1 aromatic rings. The van der Waals surface area contributed by atoms with E-state index >= 15 is 0 Å². The van der Waals surface area contributed by atoms with Crippen LogP contribution in [0.15, 0.2) is 23.1 Å². The first kappa shape index (κ1) is 9.59. The average molecular weight is 207 g/mol. The summed E-state index contributed by atoms with van der Waals surface area (Å²) in [5, 5.41) is 2.90. The molecule has 1 N–H and O–H groups in total. The summed E-state index contributed by atoms with van der Waals surface area (Å²) >= 11 is 1.74. The lowest BCUT2D eigenvalue weighted by Gasteiger charge is -2.06. The highest BCUT2D eigenvalue weighted by Gasteiger charge is 2.11. The van der Waals surface area contributed by atoms with Gasteiger partial charge in [0.15, 0.2) is 0 Å². The molecule has 0 radical (unpaired) electrons. The highest BCUT2D eigenvalue weighted by molar-refractivity contribution is 7.98. The summed E-state index contributed by atoms with van der Waals surface area (Å²) in [6.45, 7) is 0.683. The molecule has 1 aliphatic rings. The van der Waals surface area contributed by atoms with Crippen molar-refractivity contribution in [2.24, 2.45) is 0 Å². The van der Waals surface area contributed by atoms with Crippen molar-refractivity contribution in [2.45, 2.75) is 24.3 Å². The number of hydrogen-bond acceptors (Lipinski definition) is 2. The van der Waals surface area contributed by atoms with Crippen molar-refractivity contribution < 1.29 is 4.79 Å². The number of carbonyl (C=O) groups excluding carboxylic acids is 1. The van der Waals surface area contributed by atoms with E-state index in [1.54, 1.807) is 11.8 Å². The normalized spacial score (nSPS) is 15.6. The molecule has 0 unspecified atom stereocenters. The quantitative estimate of drug-likeness (QED) is 0.713. The first-order valence-corrected chi connectivity index (χ1v) is 5.94. The molecule has 0 atom stereocenters. The van der Waals surface area contributed by atoms with Crippen LogP contribution >= 0.6 is 11.8 Å². The zero-order valence-corrected chi connectivity index (χ0v) is 8.99. The minimum atomic E-state index is 0.159. The molecule has 1 heterocycles. The van der Waals surface area contributed by atoms with Gasteiger partial charge in [0.2, 0.25) is 5.91 Å². The topological polar surface area (TPSA) is 29.1 Å². The number of fused-ring (bicyclic) bond motifs is 1. The van der Waals surface area contributed by atoms with Gasteiger partial charge >= 0.3 is 0 Å². The Hall–Kier alpha value is -0.960. The van der Waals surface area contributed by atoms with Gasteiger partial charge in [-0.2, -0.15) is 0 Å². The second-order valence-electron chi connectivity index (χ2n) is 3.41. The Morgan fingerprint density at radius 1 is 1.29 bits per heavy atom. The van der Waals surface area contributed by atoms with Crippen molar-refractivity contribution in [3.8, 4) is 0 Å². The van der Waals surface area contributed by atoms with Crippen molar-refractivity contribution in [3.63, 3.8) is 0 Å². The number of amides is 1. The number of aryl methyl sites for hydroxylation is 1. The van der Waals surface area contributed by atoms with Gasteiger partial charge in [-0.15, -0.1) is 11.8 Å². The van der Waals surface area contributed by atoms with Gasteiger partial charge in [-0.1, -0.05) is 6.07 Å². The minimum absolute atomic E-state index is 0.159. The molecule has 2 rings (SSSR count). The molecular weight excluding hydrogens is 194 g/mol. The Morgan fingerprint density at radius 3 is 2.93 bits per heavy atom. The molecule has 74 valence electrons. The maximum absolute atomic E-state index is 11.2. The number of nitrogens with one attached hydrogen (secondary N) is 1. The summed E-state index contributed by atoms with van der Waals surface area (Å²) < 4.78 is 0. The Balaban J connectivity index is 2.31. The summed E-state index contributed by atoms with van der Waals surface area (Å²) in [4.78, 5) is 12.5. The first-order valence-electron chi connectivity index (χ1n) is 4.72. The van der Waals surface area contributed by atoms with Crippen LogP contribution < -0.4 is 5.32 Å². The monoisotopic (exact) mass is 207 g/mol. The molecule has 0 saturated carbocycles. The highest BCUT2D eigenvalue weighted by Crippen LogP contribution is 2.21. The van der Waals surface area contributed by atoms with Crippen LogP contribution in [0.4, 0.5) is 0 Å². The summed E-state index contributed by atoms with van der Waals surface area (Å²) in [5.41, 5.74) is 2.57. The van der Waals surface area contributed by atoms with Crippen molar-refractivity contribution in [1.82, 2.24) is 5.32 Å². The summed E-state index contributed by atoms with van der Waals surface area (Å²) in [6, 6.07) is 6.44. The molecule has 1 amide bonds. The molecular formula is C11H13NOS. The van der Waals surface area contributed by atoms with Gasteiger partial charge in [-0.25, -0.2) is 0 Å². The fourth-order valence-corrected chi connectivity index (χ4v) is 2.13. The van der Waals surface area contributed by atoms with Gasteiger partial charge < -0.3 is 5.32 Å². The van der Waals surface area contributed by atoms with Crippen molar-refractivity contribution in [2.75, 3.05) is 6.26 Å². The molecule has 0 aromatic heterocycles. The number of benzene rings is 1. The molecule has 3 heteroatoms.